The van der Waals surface area contributed by atoms with Crippen LogP contribution in [0.3, 0.4) is 0 Å². The van der Waals surface area contributed by atoms with Gasteiger partial charge in [0.25, 0.3) is 0 Å². The number of rotatable bonds is 7. The van der Waals surface area contributed by atoms with Crippen molar-refractivity contribution in [1.29, 1.82) is 0 Å². The van der Waals surface area contributed by atoms with E-state index in [2.05, 4.69) is 28.2 Å². The minimum atomic E-state index is 0.682. The van der Waals surface area contributed by atoms with Gasteiger partial charge in [-0.2, -0.15) is 5.10 Å². The lowest BCUT2D eigenvalue weighted by molar-refractivity contribution is 0.0844. The van der Waals surface area contributed by atoms with Crippen molar-refractivity contribution in [2.45, 2.75) is 56.3 Å². The van der Waals surface area contributed by atoms with Gasteiger partial charge in [0.1, 0.15) is 0 Å². The van der Waals surface area contributed by atoms with E-state index < -0.39 is 0 Å². The monoisotopic (exact) mass is 293 g/mol. The summed E-state index contributed by atoms with van der Waals surface area (Å²) in [5.41, 5.74) is 1.36. The van der Waals surface area contributed by atoms with E-state index >= 15 is 0 Å². The first-order chi connectivity index (χ1) is 9.88. The molecule has 2 bridgehead atoms. The van der Waals surface area contributed by atoms with Crippen molar-refractivity contribution in [2.24, 2.45) is 5.92 Å². The van der Waals surface area contributed by atoms with Gasteiger partial charge in [-0.25, -0.2) is 0 Å². The zero-order chi connectivity index (χ0) is 13.8. The van der Waals surface area contributed by atoms with E-state index in [4.69, 9.17) is 0 Å². The Bertz CT molecular complexity index is 410. The number of H-pyrrole nitrogens is 1. The fourth-order valence-electron chi connectivity index (χ4n) is 3.66. The number of fused-ring (bicyclic) bond motifs is 3. The number of hydrogen-bond donors (Lipinski definition) is 1. The maximum atomic E-state index is 4.60. The first kappa shape index (κ1) is 14.5. The highest BCUT2D eigenvalue weighted by Gasteiger charge is 2.37. The van der Waals surface area contributed by atoms with Gasteiger partial charge in [0, 0.05) is 23.6 Å². The summed E-state index contributed by atoms with van der Waals surface area (Å²) < 4.78 is 0. The van der Waals surface area contributed by atoms with Gasteiger partial charge >= 0.3 is 0 Å². The van der Waals surface area contributed by atoms with Crippen LogP contribution in [0.1, 0.15) is 57.1 Å². The summed E-state index contributed by atoms with van der Waals surface area (Å²) in [6.07, 6.45) is 10.3. The second-order valence-corrected chi connectivity index (χ2v) is 7.43. The van der Waals surface area contributed by atoms with E-state index in [9.17, 15) is 0 Å². The van der Waals surface area contributed by atoms with Gasteiger partial charge in [0.15, 0.2) is 0 Å². The molecule has 20 heavy (non-hydrogen) atoms. The number of aromatic amines is 1. The van der Waals surface area contributed by atoms with E-state index in [1.54, 1.807) is 0 Å². The largest absolute Gasteiger partial charge is 0.303 e. The fourth-order valence-corrected chi connectivity index (χ4v) is 4.71. The lowest BCUT2D eigenvalue weighted by Gasteiger charge is -2.44. The van der Waals surface area contributed by atoms with E-state index in [1.807, 2.05) is 11.8 Å². The van der Waals surface area contributed by atoms with Gasteiger partial charge in [0.05, 0.1) is 5.69 Å². The average Bonchev–Trinajstić information content (AvgIpc) is 2.96. The topological polar surface area (TPSA) is 31.9 Å². The van der Waals surface area contributed by atoms with Gasteiger partial charge in [-0.05, 0) is 44.0 Å². The molecule has 1 unspecified atom stereocenters. The van der Waals surface area contributed by atoms with Crippen molar-refractivity contribution in [3.8, 4) is 0 Å². The van der Waals surface area contributed by atoms with Crippen molar-refractivity contribution in [2.75, 3.05) is 25.4 Å². The number of hydrogen-bond acceptors (Lipinski definition) is 3. The molecule has 0 aliphatic carbocycles. The molecule has 1 atom stereocenters. The van der Waals surface area contributed by atoms with Crippen LogP contribution in [-0.4, -0.2) is 40.5 Å². The molecule has 3 nitrogen and oxygen atoms in total. The molecule has 4 heteroatoms. The molecule has 3 saturated heterocycles. The fraction of sp³-hybridized carbons (Fsp3) is 0.812. The Labute approximate surface area is 126 Å². The van der Waals surface area contributed by atoms with Crippen LogP contribution in [0.2, 0.25) is 0 Å². The zero-order valence-corrected chi connectivity index (χ0v) is 13.4. The van der Waals surface area contributed by atoms with Gasteiger partial charge in [-0.15, -0.1) is 11.8 Å². The maximum absolute atomic E-state index is 4.60. The smallest absolute Gasteiger partial charge is 0.0804 e. The molecular weight excluding hydrogens is 266 g/mol. The molecule has 112 valence electrons. The SMILES string of the molecule is CCCCCCSc1c[nH]nc1C1CN2CCC1CC2. The predicted molar refractivity (Wildman–Crippen MR) is 85.4 cm³/mol. The summed E-state index contributed by atoms with van der Waals surface area (Å²) >= 11 is 2.01. The van der Waals surface area contributed by atoms with E-state index in [-0.39, 0.29) is 0 Å². The number of piperidine rings is 3. The third-order valence-corrected chi connectivity index (χ3v) is 6.03. The molecular formula is C16H27N3S. The van der Waals surface area contributed by atoms with Crippen molar-refractivity contribution >= 4 is 11.8 Å². The predicted octanol–water partition coefficient (Wildman–Crippen LogP) is 3.89. The maximum Gasteiger partial charge on any atom is 0.0804 e. The Kier molecular flexibility index (Phi) is 5.05. The number of aromatic nitrogens is 2. The molecule has 0 radical (unpaired) electrons. The van der Waals surface area contributed by atoms with Gasteiger partial charge < -0.3 is 4.90 Å². The van der Waals surface area contributed by atoms with Crippen LogP contribution in [0, 0.1) is 5.92 Å². The quantitative estimate of drug-likeness (QED) is 0.611. The second-order valence-electron chi connectivity index (χ2n) is 6.29. The van der Waals surface area contributed by atoms with Crippen molar-refractivity contribution in [3.63, 3.8) is 0 Å². The normalized spacial score (nSPS) is 28.9. The van der Waals surface area contributed by atoms with Crippen LogP contribution in [-0.2, 0) is 0 Å². The Morgan fingerprint density at radius 1 is 1.30 bits per heavy atom. The molecule has 0 saturated carbocycles. The standard InChI is InChI=1S/C16H27N3S/c1-2-3-4-5-10-20-15-11-17-18-16(15)14-12-19-8-6-13(14)7-9-19/h11,13-14H,2-10,12H2,1H3,(H,17,18). The number of nitrogens with one attached hydrogen (secondary N) is 1. The Morgan fingerprint density at radius 2 is 2.15 bits per heavy atom. The van der Waals surface area contributed by atoms with Crippen molar-refractivity contribution in [1.82, 2.24) is 15.1 Å². The Balaban J connectivity index is 1.56. The van der Waals surface area contributed by atoms with Crippen molar-refractivity contribution < 1.29 is 0 Å². The summed E-state index contributed by atoms with van der Waals surface area (Å²) in [5.74, 6) is 2.80. The van der Waals surface area contributed by atoms with Gasteiger partial charge in [-0.1, -0.05) is 26.2 Å². The molecule has 4 heterocycles. The van der Waals surface area contributed by atoms with E-state index in [0.29, 0.717) is 5.92 Å². The first-order valence-corrected chi connectivity index (χ1v) is 9.26. The molecule has 4 rings (SSSR count). The lowest BCUT2D eigenvalue weighted by Crippen LogP contribution is -2.46. The van der Waals surface area contributed by atoms with Crippen LogP contribution in [0.25, 0.3) is 0 Å². The summed E-state index contributed by atoms with van der Waals surface area (Å²) in [5, 5.41) is 7.72. The Hall–Kier alpha value is -0.480. The molecule has 1 N–H and O–H groups in total. The van der Waals surface area contributed by atoms with Gasteiger partial charge in [-0.3, -0.25) is 5.10 Å². The van der Waals surface area contributed by atoms with Crippen LogP contribution in [0.15, 0.2) is 11.1 Å². The second kappa shape index (κ2) is 6.99. The molecule has 0 spiro atoms. The molecule has 1 aromatic heterocycles. The van der Waals surface area contributed by atoms with Crippen LogP contribution >= 0.6 is 11.8 Å². The minimum absolute atomic E-state index is 0.682. The summed E-state index contributed by atoms with van der Waals surface area (Å²) in [7, 11) is 0. The number of unbranched alkanes of at least 4 members (excludes halogenated alkanes) is 3. The third kappa shape index (κ3) is 3.22. The molecule has 0 amide bonds. The van der Waals surface area contributed by atoms with E-state index in [0.717, 1.165) is 5.92 Å². The molecule has 3 aliphatic heterocycles. The van der Waals surface area contributed by atoms with Crippen LogP contribution in [0.4, 0.5) is 0 Å². The highest BCUT2D eigenvalue weighted by atomic mass is 32.2. The third-order valence-electron chi connectivity index (χ3n) is 4.90. The lowest BCUT2D eigenvalue weighted by atomic mass is 9.77. The van der Waals surface area contributed by atoms with Crippen molar-refractivity contribution in [3.05, 3.63) is 11.9 Å². The molecule has 1 aromatic rings. The molecule has 3 aliphatic rings. The summed E-state index contributed by atoms with van der Waals surface area (Å²) in [6.45, 7) is 6.13. The average molecular weight is 293 g/mol. The molecule has 3 fully saturated rings. The van der Waals surface area contributed by atoms with E-state index in [1.165, 1.54) is 74.5 Å². The number of thioether (sulfide) groups is 1. The minimum Gasteiger partial charge on any atom is -0.303 e. The highest BCUT2D eigenvalue weighted by molar-refractivity contribution is 7.99. The number of nitrogens with zero attached hydrogens (tertiary/aromatic N) is 2. The van der Waals surface area contributed by atoms with Gasteiger partial charge in [0.2, 0.25) is 0 Å². The van der Waals surface area contributed by atoms with Crippen LogP contribution in [0.5, 0.6) is 0 Å². The van der Waals surface area contributed by atoms with Crippen LogP contribution < -0.4 is 0 Å². The Morgan fingerprint density at radius 3 is 2.85 bits per heavy atom. The highest BCUT2D eigenvalue weighted by Crippen LogP contribution is 2.41. The molecule has 0 aromatic carbocycles. The zero-order valence-electron chi connectivity index (χ0n) is 12.6. The summed E-state index contributed by atoms with van der Waals surface area (Å²) in [4.78, 5) is 4.04. The summed E-state index contributed by atoms with van der Waals surface area (Å²) in [6, 6.07) is 0. The first-order valence-electron chi connectivity index (χ1n) is 8.27.